The maximum absolute atomic E-state index is 10.8. The highest BCUT2D eigenvalue weighted by Crippen LogP contribution is 2.01. The van der Waals surface area contributed by atoms with Crippen molar-refractivity contribution in [3.63, 3.8) is 0 Å². The van der Waals surface area contributed by atoms with Gasteiger partial charge in [0.05, 0.1) is 12.6 Å². The van der Waals surface area contributed by atoms with Crippen LogP contribution in [0.2, 0.25) is 0 Å². The van der Waals surface area contributed by atoms with E-state index in [0.29, 0.717) is 11.7 Å². The van der Waals surface area contributed by atoms with Gasteiger partial charge in [-0.15, -0.1) is 0 Å². The third-order valence-electron chi connectivity index (χ3n) is 1.53. The predicted molar refractivity (Wildman–Crippen MR) is 56.7 cm³/mol. The fourth-order valence-corrected chi connectivity index (χ4v) is 1.32. The molecule has 0 spiro atoms. The predicted octanol–water partition coefficient (Wildman–Crippen LogP) is 1.66. The molecule has 0 aromatic heterocycles. The molecule has 0 radical (unpaired) electrons. The monoisotopic (exact) mass is 203 g/mol. The average Bonchev–Trinajstić information content (AvgIpc) is 2.03. The molecule has 1 amide bonds. The van der Waals surface area contributed by atoms with Gasteiger partial charge in [-0.3, -0.25) is 4.79 Å². The molecule has 0 aliphatic heterocycles. The number of thiocarbonyl (C=S) groups is 1. The first-order valence-corrected chi connectivity index (χ1v) is 4.96. The Hall–Kier alpha value is -0.640. The van der Waals surface area contributed by atoms with Gasteiger partial charge in [0.15, 0.2) is 5.05 Å². The lowest BCUT2D eigenvalue weighted by Crippen LogP contribution is -2.39. The van der Waals surface area contributed by atoms with Crippen molar-refractivity contribution in [2.75, 3.05) is 6.61 Å². The molecule has 4 heteroatoms. The van der Waals surface area contributed by atoms with Crippen molar-refractivity contribution in [2.45, 2.75) is 39.7 Å². The number of carbonyl (C=O) groups is 1. The van der Waals surface area contributed by atoms with E-state index in [1.165, 1.54) is 6.92 Å². The third-order valence-corrected chi connectivity index (χ3v) is 1.93. The second-order valence-corrected chi connectivity index (χ2v) is 3.20. The van der Waals surface area contributed by atoms with Crippen molar-refractivity contribution >= 4 is 23.2 Å². The minimum Gasteiger partial charge on any atom is -0.485 e. The van der Waals surface area contributed by atoms with Gasteiger partial charge in [-0.1, -0.05) is 13.3 Å². The Bertz CT molecular complexity index is 182. The van der Waals surface area contributed by atoms with Gasteiger partial charge in [-0.25, -0.2) is 0 Å². The molecule has 0 rings (SSSR count). The van der Waals surface area contributed by atoms with E-state index in [-0.39, 0.29) is 11.9 Å². The van der Waals surface area contributed by atoms with Gasteiger partial charge in [-0.2, -0.15) is 0 Å². The van der Waals surface area contributed by atoms with Crippen LogP contribution in [0.3, 0.4) is 0 Å². The summed E-state index contributed by atoms with van der Waals surface area (Å²) in [6.45, 7) is 5.96. The smallest absolute Gasteiger partial charge is 0.217 e. The van der Waals surface area contributed by atoms with Crippen LogP contribution in [0.5, 0.6) is 0 Å². The normalized spacial score (nSPS) is 11.9. The van der Waals surface area contributed by atoms with Gasteiger partial charge in [0.25, 0.3) is 0 Å². The van der Waals surface area contributed by atoms with Crippen molar-refractivity contribution in [3.05, 3.63) is 0 Å². The molecule has 1 atom stereocenters. The van der Waals surface area contributed by atoms with Crippen LogP contribution < -0.4 is 5.32 Å². The molecular weight excluding hydrogens is 186 g/mol. The summed E-state index contributed by atoms with van der Waals surface area (Å²) in [5, 5.41) is 3.25. The Morgan fingerprint density at radius 2 is 2.15 bits per heavy atom. The molecule has 1 unspecified atom stereocenters. The highest BCUT2D eigenvalue weighted by molar-refractivity contribution is 7.80. The van der Waals surface area contributed by atoms with E-state index in [1.54, 1.807) is 0 Å². The fourth-order valence-electron chi connectivity index (χ4n) is 1.03. The molecule has 13 heavy (non-hydrogen) atoms. The molecule has 0 aliphatic rings. The van der Waals surface area contributed by atoms with Gasteiger partial charge in [0, 0.05) is 6.92 Å². The number of hydrogen-bond donors (Lipinski definition) is 1. The molecule has 0 fully saturated rings. The maximum Gasteiger partial charge on any atom is 0.217 e. The van der Waals surface area contributed by atoms with E-state index in [1.807, 2.05) is 13.8 Å². The zero-order chi connectivity index (χ0) is 10.3. The summed E-state index contributed by atoms with van der Waals surface area (Å²) in [4.78, 5) is 10.8. The minimum atomic E-state index is -0.113. The van der Waals surface area contributed by atoms with Crippen LogP contribution >= 0.6 is 12.2 Å². The van der Waals surface area contributed by atoms with Gasteiger partial charge >= 0.3 is 0 Å². The van der Waals surface area contributed by atoms with Gasteiger partial charge in [-0.05, 0) is 25.6 Å². The summed E-state index contributed by atoms with van der Waals surface area (Å²) in [5.74, 6) is -0.0690. The zero-order valence-electron chi connectivity index (χ0n) is 8.42. The van der Waals surface area contributed by atoms with Crippen molar-refractivity contribution in [2.24, 2.45) is 0 Å². The molecule has 0 bridgehead atoms. The third kappa shape index (κ3) is 5.58. The average molecular weight is 203 g/mol. The molecule has 76 valence electrons. The summed E-state index contributed by atoms with van der Waals surface area (Å²) in [7, 11) is 0. The molecule has 1 N–H and O–H groups in total. The summed E-state index contributed by atoms with van der Waals surface area (Å²) >= 11 is 5.02. The number of nitrogens with one attached hydrogen (secondary N) is 1. The highest BCUT2D eigenvalue weighted by atomic mass is 32.1. The Morgan fingerprint density at radius 1 is 1.54 bits per heavy atom. The van der Waals surface area contributed by atoms with Gasteiger partial charge in [0.1, 0.15) is 0 Å². The number of hydrogen-bond acceptors (Lipinski definition) is 3. The van der Waals surface area contributed by atoms with Crippen molar-refractivity contribution in [1.82, 2.24) is 5.32 Å². The van der Waals surface area contributed by atoms with Crippen LogP contribution in [0.1, 0.15) is 33.6 Å². The Morgan fingerprint density at radius 3 is 2.54 bits per heavy atom. The standard InChI is InChI=1S/C9H17NO2S/c1-4-6-8(10-7(3)11)9(13)12-5-2/h8H,4-6H2,1-3H3,(H,10,11). The molecule has 0 saturated heterocycles. The molecule has 0 aromatic carbocycles. The lowest BCUT2D eigenvalue weighted by Gasteiger charge is -2.17. The van der Waals surface area contributed by atoms with E-state index in [2.05, 4.69) is 5.32 Å². The van der Waals surface area contributed by atoms with E-state index < -0.39 is 0 Å². The lowest BCUT2D eigenvalue weighted by molar-refractivity contribution is -0.119. The molecule has 0 saturated carbocycles. The SMILES string of the molecule is CCCC(NC(C)=O)C(=S)OCC. The van der Waals surface area contributed by atoms with Crippen LogP contribution in [-0.4, -0.2) is 23.6 Å². The second kappa shape index (κ2) is 6.83. The van der Waals surface area contributed by atoms with Crippen LogP contribution in [0.15, 0.2) is 0 Å². The maximum atomic E-state index is 10.8. The first kappa shape index (κ1) is 12.4. The molecule has 0 aromatic rings. The van der Waals surface area contributed by atoms with E-state index in [0.717, 1.165) is 12.8 Å². The first-order chi connectivity index (χ1) is 6.11. The van der Waals surface area contributed by atoms with E-state index in [9.17, 15) is 4.79 Å². The Kier molecular flexibility index (Phi) is 6.49. The molecule has 3 nitrogen and oxygen atoms in total. The van der Waals surface area contributed by atoms with E-state index >= 15 is 0 Å². The molecule has 0 aliphatic carbocycles. The van der Waals surface area contributed by atoms with E-state index in [4.69, 9.17) is 17.0 Å². The summed E-state index contributed by atoms with van der Waals surface area (Å²) < 4.78 is 5.17. The topological polar surface area (TPSA) is 38.3 Å². The zero-order valence-corrected chi connectivity index (χ0v) is 9.24. The Balaban J connectivity index is 4.06. The molecular formula is C9H17NO2S. The summed E-state index contributed by atoms with van der Waals surface area (Å²) in [6, 6.07) is -0.113. The minimum absolute atomic E-state index is 0.0690. The number of ether oxygens (including phenoxy) is 1. The second-order valence-electron chi connectivity index (χ2n) is 2.79. The van der Waals surface area contributed by atoms with Crippen LogP contribution in [0.25, 0.3) is 0 Å². The van der Waals surface area contributed by atoms with Gasteiger partial charge in [0.2, 0.25) is 5.91 Å². The van der Waals surface area contributed by atoms with Crippen LogP contribution in [-0.2, 0) is 9.53 Å². The Labute approximate surface area is 84.8 Å². The van der Waals surface area contributed by atoms with Crippen LogP contribution in [0.4, 0.5) is 0 Å². The fraction of sp³-hybridized carbons (Fsp3) is 0.778. The summed E-state index contributed by atoms with van der Waals surface area (Å²) in [5.41, 5.74) is 0. The number of carbonyl (C=O) groups excluding carboxylic acids is 1. The highest BCUT2D eigenvalue weighted by Gasteiger charge is 2.14. The van der Waals surface area contributed by atoms with Crippen molar-refractivity contribution < 1.29 is 9.53 Å². The quantitative estimate of drug-likeness (QED) is 0.691. The van der Waals surface area contributed by atoms with Crippen molar-refractivity contribution in [3.8, 4) is 0 Å². The molecule has 0 heterocycles. The van der Waals surface area contributed by atoms with Crippen molar-refractivity contribution in [1.29, 1.82) is 0 Å². The number of amides is 1. The largest absolute Gasteiger partial charge is 0.485 e. The first-order valence-electron chi connectivity index (χ1n) is 4.55. The van der Waals surface area contributed by atoms with Crippen LogP contribution in [0, 0.1) is 0 Å². The summed E-state index contributed by atoms with van der Waals surface area (Å²) in [6.07, 6.45) is 1.80. The number of rotatable bonds is 5. The lowest BCUT2D eigenvalue weighted by atomic mass is 10.2. The van der Waals surface area contributed by atoms with Gasteiger partial charge < -0.3 is 10.1 Å².